The van der Waals surface area contributed by atoms with Crippen LogP contribution in [0.1, 0.15) is 13.3 Å². The molecule has 1 N–H and O–H groups in total. The predicted octanol–water partition coefficient (Wildman–Crippen LogP) is 0.250. The molecule has 8 heavy (non-hydrogen) atoms. The van der Waals surface area contributed by atoms with E-state index in [1.54, 1.807) is 6.92 Å². The largest absolute Gasteiger partial charge is 0.479 e. The van der Waals surface area contributed by atoms with Crippen molar-refractivity contribution in [3.8, 4) is 0 Å². The molecule has 0 aromatic rings. The third-order valence-electron chi connectivity index (χ3n) is 1.45. The van der Waals surface area contributed by atoms with Gasteiger partial charge in [-0.3, -0.25) is 0 Å². The number of rotatable bonds is 2. The number of ether oxygens (including phenoxy) is 1. The molecule has 3 nitrogen and oxygen atoms in total. The Morgan fingerprint density at radius 2 is 2.50 bits per heavy atom. The minimum absolute atomic E-state index is 0.388. The molecule has 0 saturated carbocycles. The van der Waals surface area contributed by atoms with Gasteiger partial charge >= 0.3 is 5.97 Å². The van der Waals surface area contributed by atoms with Crippen LogP contribution in [0, 0.1) is 0 Å². The topological polar surface area (TPSA) is 49.8 Å². The summed E-state index contributed by atoms with van der Waals surface area (Å²) in [5.74, 6) is -0.833. The first-order valence-electron chi connectivity index (χ1n) is 2.58. The molecular weight excluding hydrogens is 108 g/mol. The van der Waals surface area contributed by atoms with E-state index >= 15 is 0 Å². The van der Waals surface area contributed by atoms with Crippen LogP contribution in [0.3, 0.4) is 0 Å². The van der Waals surface area contributed by atoms with Gasteiger partial charge in [-0.25, -0.2) is 4.79 Å². The lowest BCUT2D eigenvalue weighted by atomic mass is 10.1. The maximum absolute atomic E-state index is 10.2. The minimum Gasteiger partial charge on any atom is -0.479 e. The van der Waals surface area contributed by atoms with Crippen molar-refractivity contribution in [2.45, 2.75) is 18.9 Å². The Kier molecular flexibility index (Phi) is 1.01. The van der Waals surface area contributed by atoms with Crippen LogP contribution in [0.5, 0.6) is 0 Å². The highest BCUT2D eigenvalue weighted by atomic mass is 16.6. The van der Waals surface area contributed by atoms with Crippen LogP contribution in [0.2, 0.25) is 0 Å². The lowest BCUT2D eigenvalue weighted by molar-refractivity contribution is -0.143. The highest BCUT2D eigenvalue weighted by molar-refractivity contribution is 5.80. The fourth-order valence-corrected chi connectivity index (χ4v) is 0.566. The summed E-state index contributed by atoms with van der Waals surface area (Å²) >= 11 is 0. The van der Waals surface area contributed by atoms with Gasteiger partial charge in [-0.15, -0.1) is 0 Å². The van der Waals surface area contributed by atoms with Gasteiger partial charge in [0.1, 0.15) is 0 Å². The maximum Gasteiger partial charge on any atom is 0.338 e. The first-order valence-corrected chi connectivity index (χ1v) is 2.58. The average molecular weight is 116 g/mol. The highest BCUT2D eigenvalue weighted by Crippen LogP contribution is 2.30. The molecular formula is C5H8O3. The lowest BCUT2D eigenvalue weighted by Crippen LogP contribution is -2.22. The van der Waals surface area contributed by atoms with E-state index in [0.29, 0.717) is 13.0 Å². The van der Waals surface area contributed by atoms with E-state index in [4.69, 9.17) is 9.84 Å². The van der Waals surface area contributed by atoms with Gasteiger partial charge in [-0.2, -0.15) is 0 Å². The number of carboxylic acids is 1. The zero-order valence-corrected chi connectivity index (χ0v) is 4.68. The highest BCUT2D eigenvalue weighted by Gasteiger charge is 2.50. The van der Waals surface area contributed by atoms with Crippen molar-refractivity contribution in [2.75, 3.05) is 6.61 Å². The fourth-order valence-electron chi connectivity index (χ4n) is 0.566. The van der Waals surface area contributed by atoms with Crippen molar-refractivity contribution in [1.29, 1.82) is 0 Å². The van der Waals surface area contributed by atoms with Crippen molar-refractivity contribution in [3.63, 3.8) is 0 Å². The van der Waals surface area contributed by atoms with Crippen molar-refractivity contribution in [3.05, 3.63) is 0 Å². The molecule has 0 bridgehead atoms. The quantitative estimate of drug-likeness (QED) is 0.526. The van der Waals surface area contributed by atoms with E-state index in [2.05, 4.69) is 0 Å². The van der Waals surface area contributed by atoms with Gasteiger partial charge in [0, 0.05) is 0 Å². The van der Waals surface area contributed by atoms with Gasteiger partial charge in [0.15, 0.2) is 5.60 Å². The van der Waals surface area contributed by atoms with Gasteiger partial charge < -0.3 is 9.84 Å². The van der Waals surface area contributed by atoms with E-state index in [0.717, 1.165) is 0 Å². The molecule has 1 rings (SSSR count). The van der Waals surface area contributed by atoms with Crippen LogP contribution >= 0.6 is 0 Å². The van der Waals surface area contributed by atoms with Gasteiger partial charge in [-0.05, 0) is 6.42 Å². The SMILES string of the molecule is CCC1(C(=O)O)CO1. The van der Waals surface area contributed by atoms with Crippen molar-refractivity contribution < 1.29 is 14.6 Å². The Balaban J connectivity index is 2.53. The molecule has 0 aliphatic carbocycles. The van der Waals surface area contributed by atoms with Gasteiger partial charge in [0.05, 0.1) is 6.61 Å². The van der Waals surface area contributed by atoms with E-state index in [1.165, 1.54) is 0 Å². The summed E-state index contributed by atoms with van der Waals surface area (Å²) in [6.07, 6.45) is 0.572. The fraction of sp³-hybridized carbons (Fsp3) is 0.800. The summed E-state index contributed by atoms with van der Waals surface area (Å²) in [5, 5.41) is 8.38. The molecule has 3 heteroatoms. The zero-order chi connectivity index (χ0) is 6.20. The molecule has 1 atom stereocenters. The summed E-state index contributed by atoms with van der Waals surface area (Å²) in [6.45, 7) is 2.19. The van der Waals surface area contributed by atoms with Crippen LogP contribution in [0.15, 0.2) is 0 Å². The number of carboxylic acid groups (broad SMARTS) is 1. The molecule has 1 aliphatic rings. The van der Waals surface area contributed by atoms with Crippen molar-refractivity contribution >= 4 is 5.97 Å². The smallest absolute Gasteiger partial charge is 0.338 e. The van der Waals surface area contributed by atoms with Gasteiger partial charge in [0.2, 0.25) is 0 Å². The molecule has 0 spiro atoms. The monoisotopic (exact) mass is 116 g/mol. The van der Waals surface area contributed by atoms with Crippen LogP contribution < -0.4 is 0 Å². The second-order valence-corrected chi connectivity index (χ2v) is 1.94. The first-order chi connectivity index (χ1) is 3.71. The number of aliphatic carboxylic acids is 1. The molecule has 1 heterocycles. The summed E-state index contributed by atoms with van der Waals surface area (Å²) in [4.78, 5) is 10.2. The predicted molar refractivity (Wildman–Crippen MR) is 26.6 cm³/mol. The van der Waals surface area contributed by atoms with Gasteiger partial charge in [0.25, 0.3) is 0 Å². The molecule has 1 fully saturated rings. The van der Waals surface area contributed by atoms with E-state index < -0.39 is 11.6 Å². The maximum atomic E-state index is 10.2. The second kappa shape index (κ2) is 1.45. The van der Waals surface area contributed by atoms with Crippen molar-refractivity contribution in [1.82, 2.24) is 0 Å². The molecule has 46 valence electrons. The van der Waals surface area contributed by atoms with E-state index in [-0.39, 0.29) is 0 Å². The molecule has 0 aromatic carbocycles. The number of hydrogen-bond acceptors (Lipinski definition) is 2. The number of epoxide rings is 1. The summed E-state index contributed by atoms with van der Waals surface area (Å²) in [7, 11) is 0. The van der Waals surface area contributed by atoms with E-state index in [1.807, 2.05) is 0 Å². The van der Waals surface area contributed by atoms with Crippen LogP contribution in [0.4, 0.5) is 0 Å². The van der Waals surface area contributed by atoms with Crippen LogP contribution in [-0.4, -0.2) is 23.3 Å². The lowest BCUT2D eigenvalue weighted by Gasteiger charge is -1.97. The molecule has 0 amide bonds. The molecule has 1 aliphatic heterocycles. The van der Waals surface area contributed by atoms with Crippen molar-refractivity contribution in [2.24, 2.45) is 0 Å². The number of carbonyl (C=O) groups is 1. The third-order valence-corrected chi connectivity index (χ3v) is 1.45. The Morgan fingerprint density at radius 1 is 2.00 bits per heavy atom. The Morgan fingerprint density at radius 3 is 2.50 bits per heavy atom. The summed E-state index contributed by atoms with van der Waals surface area (Å²) < 4.78 is 4.71. The Labute approximate surface area is 47.3 Å². The average Bonchev–Trinajstić information content (AvgIpc) is 2.44. The molecule has 0 radical (unpaired) electrons. The normalized spacial score (nSPS) is 34.6. The van der Waals surface area contributed by atoms with Crippen LogP contribution in [-0.2, 0) is 9.53 Å². The first kappa shape index (κ1) is 5.56. The standard InChI is InChI=1S/C5H8O3/c1-2-5(3-8-5)4(6)7/h2-3H2,1H3,(H,6,7). The molecule has 1 unspecified atom stereocenters. The molecule has 0 aromatic heterocycles. The zero-order valence-electron chi connectivity index (χ0n) is 4.68. The Hall–Kier alpha value is -0.570. The van der Waals surface area contributed by atoms with E-state index in [9.17, 15) is 4.79 Å². The minimum atomic E-state index is -0.833. The second-order valence-electron chi connectivity index (χ2n) is 1.94. The molecule has 1 saturated heterocycles. The summed E-state index contributed by atoms with van der Waals surface area (Å²) in [6, 6.07) is 0. The van der Waals surface area contributed by atoms with Crippen LogP contribution in [0.25, 0.3) is 0 Å². The van der Waals surface area contributed by atoms with Gasteiger partial charge in [-0.1, -0.05) is 6.92 Å². The third kappa shape index (κ3) is 0.591. The number of hydrogen-bond donors (Lipinski definition) is 1. The summed E-state index contributed by atoms with van der Waals surface area (Å²) in [5.41, 5.74) is -0.792. The Bertz CT molecular complexity index is 115.